The molecule has 7 nitrogen and oxygen atoms in total. The number of amides is 2. The van der Waals surface area contributed by atoms with Gasteiger partial charge in [-0.3, -0.25) is 13.9 Å². The van der Waals surface area contributed by atoms with Gasteiger partial charge in [0.15, 0.2) is 0 Å². The number of rotatable bonds is 14. The summed E-state index contributed by atoms with van der Waals surface area (Å²) in [6, 6.07) is 20.9. The van der Waals surface area contributed by atoms with Crippen LogP contribution in [0.15, 0.2) is 83.8 Å². The van der Waals surface area contributed by atoms with E-state index in [1.807, 2.05) is 44.2 Å². The number of nitrogens with zero attached hydrogens (tertiary/aromatic N) is 2. The first-order valence-electron chi connectivity index (χ1n) is 13.3. The Morgan fingerprint density at radius 1 is 0.900 bits per heavy atom. The van der Waals surface area contributed by atoms with Crippen LogP contribution in [0.3, 0.4) is 0 Å². The minimum absolute atomic E-state index is 0.0233. The molecule has 3 aromatic rings. The first-order valence-corrected chi connectivity index (χ1v) is 15.5. The molecule has 0 unspecified atom stereocenters. The smallest absolute Gasteiger partial charge is 0.264 e. The van der Waals surface area contributed by atoms with Crippen molar-refractivity contribution in [2.45, 2.75) is 50.5 Å². The van der Waals surface area contributed by atoms with Crippen LogP contribution in [0.4, 0.5) is 5.69 Å². The molecule has 40 heavy (non-hydrogen) atoms. The van der Waals surface area contributed by atoms with Crippen LogP contribution >= 0.6 is 23.2 Å². The second-order valence-electron chi connectivity index (χ2n) is 9.34. The lowest BCUT2D eigenvalue weighted by molar-refractivity contribution is -0.139. The number of unbranched alkanes of at least 4 members (excludes halogenated alkanes) is 1. The third kappa shape index (κ3) is 8.46. The zero-order valence-electron chi connectivity index (χ0n) is 22.7. The van der Waals surface area contributed by atoms with Gasteiger partial charge in [-0.2, -0.15) is 0 Å². The molecule has 0 saturated heterocycles. The number of hydrogen-bond acceptors (Lipinski definition) is 4. The number of halogens is 2. The van der Waals surface area contributed by atoms with Crippen LogP contribution in [0.1, 0.15) is 38.7 Å². The topological polar surface area (TPSA) is 86.8 Å². The van der Waals surface area contributed by atoms with E-state index in [0.717, 1.165) is 22.7 Å². The molecule has 214 valence electrons. The summed E-state index contributed by atoms with van der Waals surface area (Å²) in [5, 5.41) is 3.64. The quantitative estimate of drug-likeness (QED) is 0.230. The van der Waals surface area contributed by atoms with Crippen molar-refractivity contribution in [3.8, 4) is 0 Å². The SMILES string of the molecule is CCCCNC(=O)[C@H](CC)N(CCc1ccccc1)C(=O)CN(c1cccc(Cl)c1)S(=O)(=O)c1ccc(Cl)cc1. The molecule has 0 spiro atoms. The summed E-state index contributed by atoms with van der Waals surface area (Å²) >= 11 is 12.2. The van der Waals surface area contributed by atoms with Crippen LogP contribution in [0.25, 0.3) is 0 Å². The highest BCUT2D eigenvalue weighted by molar-refractivity contribution is 7.92. The molecule has 0 bridgehead atoms. The maximum atomic E-state index is 14.0. The summed E-state index contributed by atoms with van der Waals surface area (Å²) in [5.74, 6) is -0.752. The molecule has 0 fully saturated rings. The molecule has 1 N–H and O–H groups in total. The second kappa shape index (κ2) is 15.1. The minimum atomic E-state index is -4.19. The summed E-state index contributed by atoms with van der Waals surface area (Å²) in [7, 11) is -4.19. The predicted molar refractivity (Wildman–Crippen MR) is 161 cm³/mol. The van der Waals surface area contributed by atoms with Gasteiger partial charge in [0.25, 0.3) is 10.0 Å². The van der Waals surface area contributed by atoms with Gasteiger partial charge in [-0.05, 0) is 67.3 Å². The highest BCUT2D eigenvalue weighted by Crippen LogP contribution is 2.27. The Labute approximate surface area is 247 Å². The van der Waals surface area contributed by atoms with Crippen LogP contribution in [0.2, 0.25) is 10.0 Å². The number of sulfonamides is 1. The van der Waals surface area contributed by atoms with E-state index in [4.69, 9.17) is 23.2 Å². The van der Waals surface area contributed by atoms with E-state index in [0.29, 0.717) is 29.4 Å². The molecular weight excluding hydrogens is 569 g/mol. The van der Waals surface area contributed by atoms with Crippen molar-refractivity contribution < 1.29 is 18.0 Å². The highest BCUT2D eigenvalue weighted by Gasteiger charge is 2.33. The molecule has 0 aliphatic heterocycles. The fraction of sp³-hybridized carbons (Fsp3) is 0.333. The Bertz CT molecular complexity index is 1370. The fourth-order valence-electron chi connectivity index (χ4n) is 4.30. The van der Waals surface area contributed by atoms with Crippen LogP contribution in [0.5, 0.6) is 0 Å². The minimum Gasteiger partial charge on any atom is -0.354 e. The molecule has 0 aromatic heterocycles. The average molecular weight is 605 g/mol. The van der Waals surface area contributed by atoms with Gasteiger partial charge in [-0.25, -0.2) is 8.42 Å². The van der Waals surface area contributed by atoms with E-state index in [2.05, 4.69) is 5.32 Å². The van der Waals surface area contributed by atoms with Crippen LogP contribution in [0, 0.1) is 0 Å². The zero-order chi connectivity index (χ0) is 29.1. The number of benzene rings is 3. The first-order chi connectivity index (χ1) is 19.2. The predicted octanol–water partition coefficient (Wildman–Crippen LogP) is 5.95. The van der Waals surface area contributed by atoms with Crippen molar-refractivity contribution in [1.29, 1.82) is 0 Å². The summed E-state index contributed by atoms with van der Waals surface area (Å²) < 4.78 is 28.7. The van der Waals surface area contributed by atoms with Gasteiger partial charge in [-0.1, -0.05) is 79.9 Å². The zero-order valence-corrected chi connectivity index (χ0v) is 25.1. The lowest BCUT2D eigenvalue weighted by Crippen LogP contribution is -2.53. The van der Waals surface area contributed by atoms with Crippen molar-refractivity contribution in [1.82, 2.24) is 10.2 Å². The summed E-state index contributed by atoms with van der Waals surface area (Å²) in [5.41, 5.74) is 1.24. The van der Waals surface area contributed by atoms with Crippen molar-refractivity contribution in [3.05, 3.63) is 94.5 Å². The number of carbonyl (C=O) groups excluding carboxylic acids is 2. The number of hydrogen-bond donors (Lipinski definition) is 1. The molecular formula is C30H35Cl2N3O4S. The third-order valence-corrected chi connectivity index (χ3v) is 8.75. The average Bonchev–Trinajstić information content (AvgIpc) is 2.94. The maximum absolute atomic E-state index is 14.0. The Morgan fingerprint density at radius 3 is 2.23 bits per heavy atom. The Morgan fingerprint density at radius 2 is 1.60 bits per heavy atom. The lowest BCUT2D eigenvalue weighted by Gasteiger charge is -2.33. The van der Waals surface area contributed by atoms with E-state index < -0.39 is 28.5 Å². The van der Waals surface area contributed by atoms with E-state index in [-0.39, 0.29) is 23.0 Å². The molecule has 3 aromatic carbocycles. The molecule has 0 radical (unpaired) electrons. The molecule has 0 aliphatic carbocycles. The largest absolute Gasteiger partial charge is 0.354 e. The maximum Gasteiger partial charge on any atom is 0.264 e. The fourth-order valence-corrected chi connectivity index (χ4v) is 6.01. The van der Waals surface area contributed by atoms with Crippen LogP contribution < -0.4 is 9.62 Å². The van der Waals surface area contributed by atoms with Crippen LogP contribution in [-0.2, 0) is 26.0 Å². The third-order valence-electron chi connectivity index (χ3n) is 6.48. The standard InChI is InChI=1S/C30H35Cl2N3O4S/c1-3-5-19-33-30(37)28(4-2)34(20-18-23-10-7-6-8-11-23)29(36)22-35(26-13-9-12-25(32)21-26)40(38,39)27-16-14-24(31)15-17-27/h6-17,21,28H,3-5,18-20,22H2,1-2H3,(H,33,37)/t28-/m0/s1. The summed E-state index contributed by atoms with van der Waals surface area (Å²) in [6.07, 6.45) is 2.62. The number of anilines is 1. The van der Waals surface area contributed by atoms with Gasteiger partial charge >= 0.3 is 0 Å². The molecule has 1 atom stereocenters. The molecule has 0 heterocycles. The van der Waals surface area contributed by atoms with E-state index in [9.17, 15) is 18.0 Å². The Balaban J connectivity index is 1.98. The highest BCUT2D eigenvalue weighted by atomic mass is 35.5. The van der Waals surface area contributed by atoms with Crippen molar-refractivity contribution in [3.63, 3.8) is 0 Å². The lowest BCUT2D eigenvalue weighted by atomic mass is 10.1. The molecule has 0 saturated carbocycles. The van der Waals surface area contributed by atoms with E-state index >= 15 is 0 Å². The Kier molecular flexibility index (Phi) is 11.9. The number of nitrogens with one attached hydrogen (secondary N) is 1. The number of carbonyl (C=O) groups is 2. The van der Waals surface area contributed by atoms with E-state index in [1.54, 1.807) is 18.2 Å². The van der Waals surface area contributed by atoms with Crippen molar-refractivity contribution in [2.24, 2.45) is 0 Å². The van der Waals surface area contributed by atoms with Gasteiger partial charge in [0.05, 0.1) is 10.6 Å². The van der Waals surface area contributed by atoms with Gasteiger partial charge in [0, 0.05) is 23.1 Å². The first kappa shape index (κ1) is 31.5. The molecule has 3 rings (SSSR count). The monoisotopic (exact) mass is 603 g/mol. The molecule has 10 heteroatoms. The summed E-state index contributed by atoms with van der Waals surface area (Å²) in [6.45, 7) is 4.11. The van der Waals surface area contributed by atoms with Crippen molar-refractivity contribution in [2.75, 3.05) is 23.9 Å². The van der Waals surface area contributed by atoms with Gasteiger partial charge in [0.1, 0.15) is 12.6 Å². The second-order valence-corrected chi connectivity index (χ2v) is 12.1. The van der Waals surface area contributed by atoms with Crippen LogP contribution in [-0.4, -0.2) is 50.8 Å². The molecule has 2 amide bonds. The Hall–Kier alpha value is -3.07. The summed E-state index contributed by atoms with van der Waals surface area (Å²) in [4.78, 5) is 28.6. The normalized spacial score (nSPS) is 12.0. The van der Waals surface area contributed by atoms with Gasteiger partial charge in [-0.15, -0.1) is 0 Å². The molecule has 0 aliphatic rings. The van der Waals surface area contributed by atoms with Gasteiger partial charge < -0.3 is 10.2 Å². The van der Waals surface area contributed by atoms with E-state index in [1.165, 1.54) is 35.2 Å². The van der Waals surface area contributed by atoms with Crippen molar-refractivity contribution >= 4 is 50.7 Å². The van der Waals surface area contributed by atoms with Gasteiger partial charge in [0.2, 0.25) is 11.8 Å².